The van der Waals surface area contributed by atoms with Crippen LogP contribution in [0.5, 0.6) is 0 Å². The van der Waals surface area contributed by atoms with Crippen molar-refractivity contribution in [1.29, 1.82) is 0 Å². The lowest BCUT2D eigenvalue weighted by Crippen LogP contribution is -2.16. The molecule has 0 atom stereocenters. The van der Waals surface area contributed by atoms with E-state index in [1.54, 1.807) is 36.4 Å². The third kappa shape index (κ3) is 3.72. The van der Waals surface area contributed by atoms with E-state index < -0.39 is 15.9 Å². The lowest BCUT2D eigenvalue weighted by molar-refractivity contribution is 0.102. The number of aromatic nitrogens is 2. The number of carbonyl (C=O) groups is 1. The molecule has 0 saturated heterocycles. The first-order chi connectivity index (χ1) is 13.5. The molecule has 0 fully saturated rings. The van der Waals surface area contributed by atoms with Crippen molar-refractivity contribution in [3.05, 3.63) is 84.4 Å². The number of carbonyl (C=O) groups excluding carboxylic acids is 1. The van der Waals surface area contributed by atoms with Gasteiger partial charge in [-0.3, -0.25) is 14.8 Å². The number of nitrogens with zero attached hydrogens (tertiary/aromatic N) is 1. The highest BCUT2D eigenvalue weighted by molar-refractivity contribution is 7.92. The molecule has 1 aromatic heterocycles. The lowest BCUT2D eigenvalue weighted by atomic mass is 10.2. The Bertz CT molecular complexity index is 1220. The Kier molecular flexibility index (Phi) is 4.54. The number of hydrogen-bond donors (Lipinski definition) is 3. The molecule has 8 heteroatoms. The quantitative estimate of drug-likeness (QED) is 0.482. The van der Waals surface area contributed by atoms with Crippen molar-refractivity contribution < 1.29 is 13.2 Å². The maximum absolute atomic E-state index is 12.6. The molecule has 3 aromatic carbocycles. The number of fused-ring (bicyclic) bond motifs is 1. The highest BCUT2D eigenvalue weighted by atomic mass is 32.2. The molecule has 0 bridgehead atoms. The van der Waals surface area contributed by atoms with Crippen LogP contribution in [0.25, 0.3) is 11.0 Å². The zero-order chi connectivity index (χ0) is 19.6. The number of rotatable bonds is 5. The van der Waals surface area contributed by atoms with Crippen LogP contribution in [0.2, 0.25) is 0 Å². The molecular formula is C20H16N4O3S. The van der Waals surface area contributed by atoms with Gasteiger partial charge in [0.15, 0.2) is 0 Å². The van der Waals surface area contributed by atoms with E-state index in [0.29, 0.717) is 11.6 Å². The van der Waals surface area contributed by atoms with E-state index in [4.69, 9.17) is 0 Å². The number of para-hydroxylation sites is 3. The lowest BCUT2D eigenvalue weighted by Gasteiger charge is -2.09. The van der Waals surface area contributed by atoms with Crippen molar-refractivity contribution in [2.75, 3.05) is 10.0 Å². The van der Waals surface area contributed by atoms with Gasteiger partial charge in [0, 0.05) is 11.3 Å². The highest BCUT2D eigenvalue weighted by Crippen LogP contribution is 2.18. The van der Waals surface area contributed by atoms with Crippen LogP contribution >= 0.6 is 0 Å². The van der Waals surface area contributed by atoms with Crippen molar-refractivity contribution in [2.45, 2.75) is 4.90 Å². The monoisotopic (exact) mass is 392 g/mol. The number of hydrogen-bond acceptors (Lipinski definition) is 4. The van der Waals surface area contributed by atoms with Crippen molar-refractivity contribution in [1.82, 2.24) is 9.97 Å². The summed E-state index contributed by atoms with van der Waals surface area (Å²) < 4.78 is 27.7. The maximum atomic E-state index is 12.6. The van der Waals surface area contributed by atoms with Crippen LogP contribution < -0.4 is 10.0 Å². The predicted octanol–water partition coefficient (Wildman–Crippen LogP) is 3.62. The molecular weight excluding hydrogens is 376 g/mol. The summed E-state index contributed by atoms with van der Waals surface area (Å²) >= 11 is 0. The van der Waals surface area contributed by atoms with Gasteiger partial charge in [0.1, 0.15) is 0 Å². The summed E-state index contributed by atoms with van der Waals surface area (Å²) in [5, 5.41) is 2.66. The molecule has 140 valence electrons. The van der Waals surface area contributed by atoms with E-state index in [0.717, 1.165) is 11.0 Å². The molecule has 7 nitrogen and oxygen atoms in total. The van der Waals surface area contributed by atoms with Crippen LogP contribution in [0, 0.1) is 0 Å². The smallest absolute Gasteiger partial charge is 0.261 e. The van der Waals surface area contributed by atoms with Crippen LogP contribution in [0.1, 0.15) is 10.4 Å². The molecule has 1 heterocycles. The molecule has 4 aromatic rings. The average molecular weight is 392 g/mol. The molecule has 1 amide bonds. The van der Waals surface area contributed by atoms with Gasteiger partial charge in [0.05, 0.1) is 15.9 Å². The molecule has 0 aliphatic rings. The van der Waals surface area contributed by atoms with Crippen molar-refractivity contribution >= 4 is 38.6 Å². The largest absolute Gasteiger partial charge is 0.324 e. The summed E-state index contributed by atoms with van der Waals surface area (Å²) in [7, 11) is -3.82. The predicted molar refractivity (Wildman–Crippen MR) is 108 cm³/mol. The van der Waals surface area contributed by atoms with Crippen LogP contribution in [-0.4, -0.2) is 24.3 Å². The summed E-state index contributed by atoms with van der Waals surface area (Å²) in [6.45, 7) is 0. The van der Waals surface area contributed by atoms with Crippen molar-refractivity contribution in [3.63, 3.8) is 0 Å². The van der Waals surface area contributed by atoms with E-state index in [2.05, 4.69) is 20.0 Å². The minimum absolute atomic E-state index is 0.00592. The SMILES string of the molecule is O=C(Nc1nc2ccccc2[nH]1)c1cccc(S(=O)(=O)Nc2ccccc2)c1. The number of H-pyrrole nitrogens is 1. The summed E-state index contributed by atoms with van der Waals surface area (Å²) in [4.78, 5) is 19.8. The van der Waals surface area contributed by atoms with Crippen molar-refractivity contribution in [3.8, 4) is 0 Å². The Morgan fingerprint density at radius 2 is 1.64 bits per heavy atom. The van der Waals surface area contributed by atoms with E-state index in [1.807, 2.05) is 24.3 Å². The zero-order valence-electron chi connectivity index (χ0n) is 14.6. The Hall–Kier alpha value is -3.65. The molecule has 0 aliphatic carbocycles. The van der Waals surface area contributed by atoms with Gasteiger partial charge in [0.2, 0.25) is 5.95 Å². The standard InChI is InChI=1S/C20H16N4O3S/c25-19(23-20-21-17-11-4-5-12-18(17)22-20)14-7-6-10-16(13-14)28(26,27)24-15-8-2-1-3-9-15/h1-13,24H,(H2,21,22,23,25). The van der Waals surface area contributed by atoms with Gasteiger partial charge >= 0.3 is 0 Å². The van der Waals surface area contributed by atoms with Gasteiger partial charge < -0.3 is 4.98 Å². The minimum atomic E-state index is -3.82. The molecule has 4 rings (SSSR count). The average Bonchev–Trinajstić information content (AvgIpc) is 3.11. The Labute approximate surface area is 161 Å². The fraction of sp³-hybridized carbons (Fsp3) is 0. The molecule has 28 heavy (non-hydrogen) atoms. The number of aromatic amines is 1. The molecule has 0 radical (unpaired) electrons. The van der Waals surface area contributed by atoms with E-state index in [-0.39, 0.29) is 10.5 Å². The highest BCUT2D eigenvalue weighted by Gasteiger charge is 2.17. The Morgan fingerprint density at radius 1 is 0.893 bits per heavy atom. The molecule has 0 aliphatic heterocycles. The fourth-order valence-corrected chi connectivity index (χ4v) is 3.82. The van der Waals surface area contributed by atoms with Gasteiger partial charge in [0.25, 0.3) is 15.9 Å². The van der Waals surface area contributed by atoms with Gasteiger partial charge in [-0.15, -0.1) is 0 Å². The van der Waals surface area contributed by atoms with Crippen LogP contribution in [0.3, 0.4) is 0 Å². The third-order valence-corrected chi connectivity index (χ3v) is 5.43. The minimum Gasteiger partial charge on any atom is -0.324 e. The van der Waals surface area contributed by atoms with Crippen molar-refractivity contribution in [2.24, 2.45) is 0 Å². The van der Waals surface area contributed by atoms with Gasteiger partial charge in [-0.2, -0.15) is 0 Å². The number of sulfonamides is 1. The maximum Gasteiger partial charge on any atom is 0.261 e. The second-order valence-corrected chi connectivity index (χ2v) is 7.74. The molecule has 3 N–H and O–H groups in total. The van der Waals surface area contributed by atoms with Crippen LogP contribution in [-0.2, 0) is 10.0 Å². The van der Waals surface area contributed by atoms with Gasteiger partial charge in [-0.05, 0) is 42.5 Å². The first kappa shape index (κ1) is 17.7. The van der Waals surface area contributed by atoms with Crippen LogP contribution in [0.4, 0.5) is 11.6 Å². The second kappa shape index (κ2) is 7.16. The number of anilines is 2. The summed E-state index contributed by atoms with van der Waals surface area (Å²) in [5.41, 5.74) is 2.17. The first-order valence-electron chi connectivity index (χ1n) is 8.45. The zero-order valence-corrected chi connectivity index (χ0v) is 15.4. The third-order valence-electron chi connectivity index (χ3n) is 4.05. The number of nitrogens with one attached hydrogen (secondary N) is 3. The Balaban J connectivity index is 1.56. The molecule has 0 unspecified atom stereocenters. The number of imidazole rings is 1. The fourth-order valence-electron chi connectivity index (χ4n) is 2.72. The van der Waals surface area contributed by atoms with Gasteiger partial charge in [-0.1, -0.05) is 36.4 Å². The molecule has 0 spiro atoms. The topological polar surface area (TPSA) is 104 Å². The first-order valence-corrected chi connectivity index (χ1v) is 9.94. The normalized spacial score (nSPS) is 11.3. The number of benzene rings is 3. The van der Waals surface area contributed by atoms with E-state index in [9.17, 15) is 13.2 Å². The Morgan fingerprint density at radius 3 is 2.43 bits per heavy atom. The van der Waals surface area contributed by atoms with E-state index >= 15 is 0 Å². The van der Waals surface area contributed by atoms with Gasteiger partial charge in [-0.25, -0.2) is 13.4 Å². The number of amides is 1. The van der Waals surface area contributed by atoms with Crippen LogP contribution in [0.15, 0.2) is 83.8 Å². The summed E-state index contributed by atoms with van der Waals surface area (Å²) in [6.07, 6.45) is 0. The van der Waals surface area contributed by atoms with E-state index in [1.165, 1.54) is 18.2 Å². The second-order valence-electron chi connectivity index (χ2n) is 6.06. The summed E-state index contributed by atoms with van der Waals surface area (Å²) in [5.74, 6) is -0.169. The summed E-state index contributed by atoms with van der Waals surface area (Å²) in [6, 6.07) is 21.8. The molecule has 0 saturated carbocycles.